The highest BCUT2D eigenvalue weighted by atomic mass is 16.4. The first kappa shape index (κ1) is 13.7. The van der Waals surface area contributed by atoms with E-state index in [1.54, 1.807) is 6.07 Å². The van der Waals surface area contributed by atoms with Crippen molar-refractivity contribution in [1.29, 1.82) is 0 Å². The van der Waals surface area contributed by atoms with Gasteiger partial charge in [-0.15, -0.1) is 0 Å². The summed E-state index contributed by atoms with van der Waals surface area (Å²) in [4.78, 5) is 0. The largest absolute Gasteiger partial charge is 0.489 e. The Hall–Kier alpha value is -1.32. The average Bonchev–Trinajstić information content (AvgIpc) is 2.42. The molecule has 0 spiro atoms. The van der Waals surface area contributed by atoms with Crippen LogP contribution >= 0.6 is 0 Å². The van der Waals surface area contributed by atoms with Crippen LogP contribution in [0, 0.1) is 0 Å². The van der Waals surface area contributed by atoms with Crippen LogP contribution < -0.4 is 5.46 Å². The summed E-state index contributed by atoms with van der Waals surface area (Å²) in [6.07, 6.45) is 8.34. The molecule has 2 nitrogen and oxygen atoms in total. The highest BCUT2D eigenvalue weighted by molar-refractivity contribution is 6.59. The molecule has 0 bridgehead atoms. The predicted molar refractivity (Wildman–Crippen MR) is 74.0 cm³/mol. The van der Waals surface area contributed by atoms with Crippen molar-refractivity contribution in [3.63, 3.8) is 0 Å². The molecule has 1 aromatic rings. The summed E-state index contributed by atoms with van der Waals surface area (Å²) in [6, 6.07) is 7.37. The SMILES string of the molecule is CC.OB(O)c1ccccc1C1=CCCC=C1. The summed E-state index contributed by atoms with van der Waals surface area (Å²) >= 11 is 0. The van der Waals surface area contributed by atoms with Crippen molar-refractivity contribution in [3.8, 4) is 0 Å². The Labute approximate surface area is 103 Å². The zero-order valence-corrected chi connectivity index (χ0v) is 10.4. The molecule has 2 N–H and O–H groups in total. The minimum Gasteiger partial charge on any atom is -0.423 e. The molecule has 1 aliphatic carbocycles. The van der Waals surface area contributed by atoms with Gasteiger partial charge in [-0.1, -0.05) is 56.3 Å². The lowest BCUT2D eigenvalue weighted by Gasteiger charge is -2.11. The maximum absolute atomic E-state index is 9.24. The van der Waals surface area contributed by atoms with Gasteiger partial charge in [0.2, 0.25) is 0 Å². The molecule has 0 amide bonds. The molecule has 0 aromatic heterocycles. The van der Waals surface area contributed by atoms with Gasteiger partial charge in [0.15, 0.2) is 0 Å². The van der Waals surface area contributed by atoms with Crippen molar-refractivity contribution in [1.82, 2.24) is 0 Å². The second kappa shape index (κ2) is 7.10. The minimum absolute atomic E-state index is 0.565. The lowest BCUT2D eigenvalue weighted by atomic mass is 9.75. The molecule has 0 heterocycles. The number of rotatable bonds is 2. The van der Waals surface area contributed by atoms with Crippen LogP contribution in [-0.4, -0.2) is 17.2 Å². The molecule has 1 aliphatic rings. The lowest BCUT2D eigenvalue weighted by Crippen LogP contribution is -2.32. The van der Waals surface area contributed by atoms with Gasteiger partial charge in [-0.25, -0.2) is 0 Å². The van der Waals surface area contributed by atoms with Crippen molar-refractivity contribution in [2.24, 2.45) is 0 Å². The van der Waals surface area contributed by atoms with Crippen LogP contribution in [0.4, 0.5) is 0 Å². The summed E-state index contributed by atoms with van der Waals surface area (Å²) < 4.78 is 0. The summed E-state index contributed by atoms with van der Waals surface area (Å²) in [6.45, 7) is 4.00. The maximum atomic E-state index is 9.24. The van der Waals surface area contributed by atoms with E-state index in [4.69, 9.17) is 0 Å². The number of hydrogen-bond acceptors (Lipinski definition) is 2. The number of hydrogen-bond donors (Lipinski definition) is 2. The van der Waals surface area contributed by atoms with Crippen molar-refractivity contribution in [2.45, 2.75) is 26.7 Å². The van der Waals surface area contributed by atoms with Crippen LogP contribution in [0.1, 0.15) is 32.3 Å². The smallest absolute Gasteiger partial charge is 0.423 e. The molecule has 0 saturated carbocycles. The van der Waals surface area contributed by atoms with Crippen LogP contribution in [0.5, 0.6) is 0 Å². The first-order valence-corrected chi connectivity index (χ1v) is 6.11. The predicted octanol–water partition coefficient (Wildman–Crippen LogP) is 2.13. The monoisotopic (exact) mass is 230 g/mol. The van der Waals surface area contributed by atoms with Crippen LogP contribution in [0.3, 0.4) is 0 Å². The normalized spacial score (nSPS) is 13.5. The number of allylic oxidation sites excluding steroid dienone is 4. The first-order chi connectivity index (χ1) is 8.29. The van der Waals surface area contributed by atoms with Crippen LogP contribution in [0.2, 0.25) is 0 Å². The molecule has 0 fully saturated rings. The van der Waals surface area contributed by atoms with Crippen molar-refractivity contribution in [3.05, 3.63) is 48.1 Å². The Morgan fingerprint density at radius 3 is 2.35 bits per heavy atom. The lowest BCUT2D eigenvalue weighted by molar-refractivity contribution is 0.425. The molecule has 90 valence electrons. The van der Waals surface area contributed by atoms with Crippen molar-refractivity contribution in [2.75, 3.05) is 0 Å². The fourth-order valence-corrected chi connectivity index (χ4v) is 1.80. The topological polar surface area (TPSA) is 40.5 Å². The zero-order chi connectivity index (χ0) is 12.7. The van der Waals surface area contributed by atoms with Crippen molar-refractivity contribution < 1.29 is 10.0 Å². The molecule has 0 radical (unpaired) electrons. The van der Waals surface area contributed by atoms with Gasteiger partial charge in [-0.3, -0.25) is 0 Å². The van der Waals surface area contributed by atoms with E-state index in [-0.39, 0.29) is 0 Å². The zero-order valence-electron chi connectivity index (χ0n) is 10.4. The van der Waals surface area contributed by atoms with Gasteiger partial charge in [0, 0.05) is 0 Å². The fraction of sp³-hybridized carbons (Fsp3) is 0.286. The molecule has 0 saturated heterocycles. The van der Waals surface area contributed by atoms with Gasteiger partial charge in [0.05, 0.1) is 0 Å². The summed E-state index contributed by atoms with van der Waals surface area (Å²) in [7, 11) is -1.41. The molecule has 1 aromatic carbocycles. The van der Waals surface area contributed by atoms with E-state index in [2.05, 4.69) is 12.2 Å². The Morgan fingerprint density at radius 2 is 1.76 bits per heavy atom. The Bertz CT molecular complexity index is 408. The third-order valence-electron chi connectivity index (χ3n) is 2.54. The second-order valence-corrected chi connectivity index (χ2v) is 3.60. The number of benzene rings is 1. The van der Waals surface area contributed by atoms with Crippen LogP contribution in [0.15, 0.2) is 42.5 Å². The third-order valence-corrected chi connectivity index (χ3v) is 2.54. The van der Waals surface area contributed by atoms with Crippen LogP contribution in [-0.2, 0) is 0 Å². The van der Waals surface area contributed by atoms with E-state index in [1.807, 2.05) is 38.1 Å². The van der Waals surface area contributed by atoms with Gasteiger partial charge in [-0.2, -0.15) is 0 Å². The van der Waals surface area contributed by atoms with E-state index in [1.165, 1.54) is 0 Å². The molecular weight excluding hydrogens is 211 g/mol. The van der Waals surface area contributed by atoms with E-state index in [9.17, 15) is 10.0 Å². The van der Waals surface area contributed by atoms with Crippen LogP contribution in [0.25, 0.3) is 5.57 Å². The highest BCUT2D eigenvalue weighted by Gasteiger charge is 2.16. The van der Waals surface area contributed by atoms with E-state index >= 15 is 0 Å². The second-order valence-electron chi connectivity index (χ2n) is 3.60. The third kappa shape index (κ3) is 3.58. The Kier molecular flexibility index (Phi) is 5.74. The van der Waals surface area contributed by atoms with E-state index in [0.29, 0.717) is 5.46 Å². The Balaban J connectivity index is 0.000000686. The Morgan fingerprint density at radius 1 is 1.06 bits per heavy atom. The fourth-order valence-electron chi connectivity index (χ4n) is 1.80. The summed E-state index contributed by atoms with van der Waals surface area (Å²) in [5.74, 6) is 0. The summed E-state index contributed by atoms with van der Waals surface area (Å²) in [5.41, 5.74) is 2.55. The quantitative estimate of drug-likeness (QED) is 0.764. The molecule has 2 rings (SSSR count). The van der Waals surface area contributed by atoms with E-state index in [0.717, 1.165) is 24.0 Å². The molecule has 0 aliphatic heterocycles. The van der Waals surface area contributed by atoms with Crippen molar-refractivity contribution >= 4 is 18.2 Å². The molecule has 0 atom stereocenters. The standard InChI is InChI=1S/C12H13BO2.C2H6/c14-13(15)12-9-5-4-8-11(12)10-6-2-1-3-7-10;1-2/h2,4-9,14-15H,1,3H2;1-2H3. The highest BCUT2D eigenvalue weighted by Crippen LogP contribution is 2.19. The van der Waals surface area contributed by atoms with Gasteiger partial charge in [0.25, 0.3) is 0 Å². The first-order valence-electron chi connectivity index (χ1n) is 6.11. The maximum Gasteiger partial charge on any atom is 0.489 e. The molecule has 3 heteroatoms. The van der Waals surface area contributed by atoms with E-state index < -0.39 is 7.12 Å². The molecule has 0 unspecified atom stereocenters. The summed E-state index contributed by atoms with van der Waals surface area (Å²) in [5, 5.41) is 18.5. The average molecular weight is 230 g/mol. The minimum atomic E-state index is -1.41. The van der Waals surface area contributed by atoms with Gasteiger partial charge in [0.1, 0.15) is 0 Å². The van der Waals surface area contributed by atoms with Gasteiger partial charge in [-0.05, 0) is 29.4 Å². The molecule has 17 heavy (non-hydrogen) atoms. The molecular formula is C14H19BO2. The van der Waals surface area contributed by atoms with Gasteiger partial charge < -0.3 is 10.0 Å². The van der Waals surface area contributed by atoms with Gasteiger partial charge >= 0.3 is 7.12 Å².